The quantitative estimate of drug-likeness (QED) is 0.149. The largest absolute Gasteiger partial charge is 0.466 e. The summed E-state index contributed by atoms with van der Waals surface area (Å²) in [5, 5.41) is 3.52. The molecule has 4 nitrogen and oxygen atoms in total. The maximum absolute atomic E-state index is 7.72. The van der Waals surface area contributed by atoms with Gasteiger partial charge in [-0.25, -0.2) is 0 Å². The number of fused-ring (bicyclic) bond motifs is 9. The molecule has 0 saturated carbocycles. The van der Waals surface area contributed by atoms with E-state index < -0.39 is 0 Å². The zero-order chi connectivity index (χ0) is 57.5. The summed E-state index contributed by atoms with van der Waals surface area (Å²) in [6.45, 7) is 27.6. The lowest BCUT2D eigenvalue weighted by Crippen LogP contribution is -2.56. The van der Waals surface area contributed by atoms with Crippen molar-refractivity contribution in [2.24, 2.45) is 0 Å². The monoisotopic (exact) mass is 1080 g/mol. The van der Waals surface area contributed by atoms with Gasteiger partial charge in [0.1, 0.15) is 11.2 Å². The first-order chi connectivity index (χ1) is 39.7. The highest BCUT2D eigenvalue weighted by molar-refractivity contribution is 6.89. The second-order valence-electron chi connectivity index (χ2n) is 27.4. The average molecular weight is 1080 g/mol. The third kappa shape index (κ3) is 8.56. The molecule has 2 aliphatic rings. The molecule has 0 unspecified atom stereocenters. The van der Waals surface area contributed by atoms with Crippen molar-refractivity contribution in [3.05, 3.63) is 241 Å². The molecule has 83 heavy (non-hydrogen) atoms. The Morgan fingerprint density at radius 1 is 0.386 bits per heavy atom. The maximum atomic E-state index is 7.72. The highest BCUT2D eigenvalue weighted by Gasteiger charge is 2.48. The fourth-order valence-electron chi connectivity index (χ4n) is 13.2. The van der Waals surface area contributed by atoms with Crippen molar-refractivity contribution in [2.45, 2.75) is 105 Å². The second-order valence-corrected chi connectivity index (χ2v) is 27.4. The van der Waals surface area contributed by atoms with Crippen molar-refractivity contribution < 1.29 is 4.42 Å². The van der Waals surface area contributed by atoms with Crippen molar-refractivity contribution in [2.75, 3.05) is 9.80 Å². The van der Waals surface area contributed by atoms with Gasteiger partial charge in [0, 0.05) is 55.3 Å². The molecule has 0 atom stereocenters. The van der Waals surface area contributed by atoms with Gasteiger partial charge in [0.25, 0.3) is 0 Å². The lowest BCUT2D eigenvalue weighted by Gasteiger charge is -2.40. The molecule has 0 aliphatic carbocycles. The van der Waals surface area contributed by atoms with Crippen molar-refractivity contribution in [1.82, 2.24) is 4.48 Å². The van der Waals surface area contributed by atoms with Gasteiger partial charge in [-0.15, -0.1) is 0 Å². The molecule has 2 aromatic heterocycles. The Balaban J connectivity index is 1.14. The number of benzene rings is 10. The smallest absolute Gasteiger partial charge is 0.375 e. The minimum absolute atomic E-state index is 0.0397. The Labute approximate surface area is 490 Å². The third-order valence-corrected chi connectivity index (χ3v) is 17.8. The van der Waals surface area contributed by atoms with Crippen LogP contribution in [0.15, 0.2) is 223 Å². The normalized spacial score (nSPS) is 13.3. The summed E-state index contributed by atoms with van der Waals surface area (Å²) < 4.78 is 10.4. The predicted octanol–water partition coefficient (Wildman–Crippen LogP) is 20.6. The number of hydrogen-bond acceptors (Lipinski definition) is 3. The standard InChI is InChI=1S/C78H72BN3O/c1-75(2,3)53-35-32-49(33-36-53)52-34-43-69-63(44-52)73-74(83-69)79-71-61(47-56(78(10,11)12)48-68(71)81(73)65-40-37-54(76(4,5)6)45-60(65)51-26-18-14-19-27-51)59-39-42-67(70-62-46-55(77(7,8)9)38-41-66(62)82(79)72(59)70)80(57-28-20-15-21-29-57)64-31-23-22-30-58(64)50-24-16-13-17-25-50/h13-48H,1-12H3. The summed E-state index contributed by atoms with van der Waals surface area (Å²) in [6.07, 6.45) is 0. The molecule has 12 aromatic rings. The van der Waals surface area contributed by atoms with Crippen molar-refractivity contribution in [3.8, 4) is 44.5 Å². The SMILES string of the molecule is CC(C)(C)c1ccc(-c2ccc3oc4c(c3c2)N(c2ccc(C(C)(C)C)cc2-c2ccccc2)c2cc(C(C)(C)C)cc3c2B4n2c4ccc(C(C)(C)C)cc4c4c(N(c5ccccc5)c5ccccc5-c5ccccc5)ccc-3c42)cc1. The van der Waals surface area contributed by atoms with Crippen LogP contribution >= 0.6 is 0 Å². The van der Waals surface area contributed by atoms with E-state index in [2.05, 4.69) is 316 Å². The number of rotatable bonds is 7. The third-order valence-electron chi connectivity index (χ3n) is 17.8. The Bertz CT molecular complexity index is 4520. The van der Waals surface area contributed by atoms with E-state index in [9.17, 15) is 0 Å². The number of furan rings is 1. The molecule has 408 valence electrons. The first-order valence-electron chi connectivity index (χ1n) is 29.7. The molecule has 0 bridgehead atoms. The van der Waals surface area contributed by atoms with Crippen LogP contribution in [0.5, 0.6) is 0 Å². The molecular formula is C78H72BN3O. The van der Waals surface area contributed by atoms with Crippen LogP contribution in [0.3, 0.4) is 0 Å². The molecule has 2 aliphatic heterocycles. The van der Waals surface area contributed by atoms with Crippen LogP contribution in [0.4, 0.5) is 34.1 Å². The zero-order valence-electron chi connectivity index (χ0n) is 50.1. The Kier molecular flexibility index (Phi) is 11.9. The second kappa shape index (κ2) is 18.9. The minimum Gasteiger partial charge on any atom is -0.466 e. The minimum atomic E-state index is -0.332. The van der Waals surface area contributed by atoms with E-state index in [-0.39, 0.29) is 28.5 Å². The summed E-state index contributed by atoms with van der Waals surface area (Å²) in [5.41, 5.74) is 26.4. The summed E-state index contributed by atoms with van der Waals surface area (Å²) in [7, 11) is 0. The molecule has 5 heteroatoms. The van der Waals surface area contributed by atoms with Crippen LogP contribution in [0, 0.1) is 0 Å². The van der Waals surface area contributed by atoms with E-state index in [1.165, 1.54) is 94.2 Å². The van der Waals surface area contributed by atoms with Gasteiger partial charge < -0.3 is 18.7 Å². The van der Waals surface area contributed by atoms with Gasteiger partial charge in [-0.3, -0.25) is 0 Å². The van der Waals surface area contributed by atoms with Gasteiger partial charge in [-0.05, 0) is 144 Å². The molecule has 14 rings (SSSR count). The van der Waals surface area contributed by atoms with Gasteiger partial charge in [0.15, 0.2) is 0 Å². The van der Waals surface area contributed by atoms with Crippen LogP contribution < -0.4 is 20.9 Å². The Morgan fingerprint density at radius 3 is 1.61 bits per heavy atom. The summed E-state index contributed by atoms with van der Waals surface area (Å²) in [6, 6.07) is 82.2. The predicted molar refractivity (Wildman–Crippen MR) is 356 cm³/mol. The summed E-state index contributed by atoms with van der Waals surface area (Å²) in [5.74, 6) is 0. The summed E-state index contributed by atoms with van der Waals surface area (Å²) in [4.78, 5) is 5.11. The molecule has 0 spiro atoms. The van der Waals surface area contributed by atoms with Crippen LogP contribution in [0.2, 0.25) is 0 Å². The van der Waals surface area contributed by atoms with Gasteiger partial charge in [-0.2, -0.15) is 0 Å². The zero-order valence-corrected chi connectivity index (χ0v) is 50.1. The molecule has 4 heterocycles. The maximum Gasteiger partial charge on any atom is 0.375 e. The van der Waals surface area contributed by atoms with Crippen molar-refractivity contribution in [3.63, 3.8) is 0 Å². The topological polar surface area (TPSA) is 24.6 Å². The molecular weight excluding hydrogens is 1010 g/mol. The van der Waals surface area contributed by atoms with Gasteiger partial charge >= 0.3 is 6.85 Å². The highest BCUT2D eigenvalue weighted by atomic mass is 16.3. The number of para-hydroxylation sites is 2. The molecule has 0 fully saturated rings. The van der Waals surface area contributed by atoms with Gasteiger partial charge in [0.05, 0.1) is 22.7 Å². The molecule has 0 saturated heterocycles. The van der Waals surface area contributed by atoms with Gasteiger partial charge in [0.2, 0.25) is 0 Å². The first-order valence-corrected chi connectivity index (χ1v) is 29.7. The van der Waals surface area contributed by atoms with Crippen LogP contribution in [0.25, 0.3) is 77.3 Å². The van der Waals surface area contributed by atoms with E-state index in [1.54, 1.807) is 0 Å². The number of hydrogen-bond donors (Lipinski definition) is 0. The first kappa shape index (κ1) is 52.3. The van der Waals surface area contributed by atoms with Crippen molar-refractivity contribution in [1.29, 1.82) is 0 Å². The van der Waals surface area contributed by atoms with Crippen LogP contribution in [-0.4, -0.2) is 11.3 Å². The van der Waals surface area contributed by atoms with E-state index in [0.29, 0.717) is 0 Å². The molecule has 0 N–H and O–H groups in total. The fraction of sp³-hybridized carbons (Fsp3) is 0.205. The van der Waals surface area contributed by atoms with Crippen LogP contribution in [-0.2, 0) is 21.7 Å². The molecule has 10 aromatic carbocycles. The van der Waals surface area contributed by atoms with E-state index >= 15 is 0 Å². The average Bonchev–Trinajstić information content (AvgIpc) is 1.64. The highest BCUT2D eigenvalue weighted by Crippen LogP contribution is 2.54. The molecule has 0 amide bonds. The Morgan fingerprint density at radius 2 is 0.952 bits per heavy atom. The number of anilines is 6. The van der Waals surface area contributed by atoms with Gasteiger partial charge in [-0.1, -0.05) is 235 Å². The fourth-order valence-corrected chi connectivity index (χ4v) is 13.2. The van der Waals surface area contributed by atoms with Crippen molar-refractivity contribution >= 4 is 84.9 Å². The lowest BCUT2D eigenvalue weighted by atomic mass is 9.47. The lowest BCUT2D eigenvalue weighted by molar-refractivity contribution is 0.590. The summed E-state index contributed by atoms with van der Waals surface area (Å²) >= 11 is 0. The number of nitrogens with zero attached hydrogens (tertiary/aromatic N) is 3. The van der Waals surface area contributed by atoms with E-state index in [1.807, 2.05) is 0 Å². The van der Waals surface area contributed by atoms with E-state index in [0.717, 1.165) is 50.6 Å². The Hall–Kier alpha value is -8.80. The van der Waals surface area contributed by atoms with E-state index in [4.69, 9.17) is 4.42 Å². The number of aromatic nitrogens is 1. The molecule has 0 radical (unpaired) electrons. The van der Waals surface area contributed by atoms with Crippen LogP contribution in [0.1, 0.15) is 105 Å².